The molecular weight excluding hydrogens is 248 g/mol. The van der Waals surface area contributed by atoms with Crippen LogP contribution in [0.3, 0.4) is 0 Å². The molecule has 0 aliphatic carbocycles. The molecule has 0 spiro atoms. The van der Waals surface area contributed by atoms with Crippen molar-refractivity contribution in [2.45, 2.75) is 11.4 Å². The van der Waals surface area contributed by atoms with Gasteiger partial charge in [0.25, 0.3) is 0 Å². The standard InChI is InChI=1S/C10H10Te/c1-2-11-9-8-10-6-4-3-5-7-10/h3-7H,2H2,1H3. The molecule has 0 atom stereocenters. The fraction of sp³-hybridized carbons (Fsp3) is 0.200. The Hall–Kier alpha value is -0.430. The Morgan fingerprint density at radius 2 is 2.00 bits per heavy atom. The molecule has 1 aromatic rings. The monoisotopic (exact) mass is 260 g/mol. The van der Waals surface area contributed by atoms with Crippen LogP contribution in [-0.4, -0.2) is 20.9 Å². The van der Waals surface area contributed by atoms with Crippen molar-refractivity contribution in [2.24, 2.45) is 0 Å². The summed E-state index contributed by atoms with van der Waals surface area (Å²) < 4.78 is 4.50. The molecule has 0 nitrogen and oxygen atoms in total. The summed E-state index contributed by atoms with van der Waals surface area (Å²) in [6.45, 7) is 2.20. The van der Waals surface area contributed by atoms with Gasteiger partial charge < -0.3 is 0 Å². The molecule has 1 heteroatoms. The van der Waals surface area contributed by atoms with Gasteiger partial charge in [0.05, 0.1) is 0 Å². The molecular formula is C10H10Te. The molecule has 1 rings (SSSR count). The van der Waals surface area contributed by atoms with E-state index in [-0.39, 0.29) is 20.9 Å². The van der Waals surface area contributed by atoms with Crippen LogP contribution in [0.2, 0.25) is 4.47 Å². The van der Waals surface area contributed by atoms with Gasteiger partial charge >= 0.3 is 78.1 Å². The van der Waals surface area contributed by atoms with Gasteiger partial charge in [0.15, 0.2) is 0 Å². The van der Waals surface area contributed by atoms with Crippen LogP contribution < -0.4 is 0 Å². The molecule has 11 heavy (non-hydrogen) atoms. The first-order chi connectivity index (χ1) is 5.43. The summed E-state index contributed by atoms with van der Waals surface area (Å²) in [6, 6.07) is 10.2. The Labute approximate surface area is 78.1 Å². The second kappa shape index (κ2) is 5.25. The molecule has 0 saturated carbocycles. The van der Waals surface area contributed by atoms with E-state index in [9.17, 15) is 0 Å². The first-order valence-electron chi connectivity index (χ1n) is 3.61. The first-order valence-corrected chi connectivity index (χ1v) is 6.42. The van der Waals surface area contributed by atoms with Crippen LogP contribution in [0.5, 0.6) is 0 Å². The summed E-state index contributed by atoms with van der Waals surface area (Å²) >= 11 is -0.0142. The van der Waals surface area contributed by atoms with E-state index in [1.807, 2.05) is 18.2 Å². The average molecular weight is 258 g/mol. The van der Waals surface area contributed by atoms with Crippen molar-refractivity contribution in [2.75, 3.05) is 0 Å². The van der Waals surface area contributed by atoms with Crippen LogP contribution in [0.1, 0.15) is 12.5 Å². The Morgan fingerprint density at radius 1 is 1.27 bits per heavy atom. The van der Waals surface area contributed by atoms with E-state index in [2.05, 4.69) is 28.9 Å². The number of rotatable bonds is 1. The third kappa shape index (κ3) is 3.47. The second-order valence-electron chi connectivity index (χ2n) is 2.03. The van der Waals surface area contributed by atoms with Crippen LogP contribution in [0.4, 0.5) is 0 Å². The topological polar surface area (TPSA) is 0 Å². The fourth-order valence-corrected chi connectivity index (χ4v) is 1.64. The maximum atomic E-state index is 3.23. The zero-order valence-corrected chi connectivity index (χ0v) is 8.83. The van der Waals surface area contributed by atoms with Gasteiger partial charge in [-0.2, -0.15) is 0 Å². The predicted molar refractivity (Wildman–Crippen MR) is 49.6 cm³/mol. The predicted octanol–water partition coefficient (Wildman–Crippen LogP) is 2.14. The minimum absolute atomic E-state index is 0.0142. The SMILES string of the molecule is CC[Te]C#Cc1ccccc1. The van der Waals surface area contributed by atoms with Crippen molar-refractivity contribution >= 4 is 20.9 Å². The number of hydrogen-bond donors (Lipinski definition) is 0. The average Bonchev–Trinajstić information content (AvgIpc) is 2.07. The van der Waals surface area contributed by atoms with Crippen molar-refractivity contribution in [3.63, 3.8) is 0 Å². The molecule has 0 heterocycles. The summed E-state index contributed by atoms with van der Waals surface area (Å²) in [4.78, 5) is 0. The zero-order chi connectivity index (χ0) is 7.94. The summed E-state index contributed by atoms with van der Waals surface area (Å²) in [5.41, 5.74) is 1.14. The van der Waals surface area contributed by atoms with Gasteiger partial charge in [-0.1, -0.05) is 0 Å². The quantitative estimate of drug-likeness (QED) is 0.534. The van der Waals surface area contributed by atoms with E-state index in [1.54, 1.807) is 0 Å². The molecule has 0 saturated heterocycles. The van der Waals surface area contributed by atoms with Crippen molar-refractivity contribution < 1.29 is 0 Å². The van der Waals surface area contributed by atoms with E-state index in [0.717, 1.165) is 5.56 Å². The zero-order valence-electron chi connectivity index (χ0n) is 6.50. The molecule has 0 bridgehead atoms. The summed E-state index contributed by atoms with van der Waals surface area (Å²) in [5.74, 6) is 3.15. The van der Waals surface area contributed by atoms with Gasteiger partial charge in [-0.3, -0.25) is 0 Å². The normalized spacial score (nSPS) is 8.45. The summed E-state index contributed by atoms with van der Waals surface area (Å²) in [7, 11) is 0. The third-order valence-electron chi connectivity index (χ3n) is 1.19. The van der Waals surface area contributed by atoms with Gasteiger partial charge in [0.2, 0.25) is 0 Å². The number of hydrogen-bond acceptors (Lipinski definition) is 0. The van der Waals surface area contributed by atoms with E-state index in [0.29, 0.717) is 0 Å². The maximum absolute atomic E-state index is 3.23. The molecule has 1 aromatic carbocycles. The molecule has 0 unspecified atom stereocenters. The minimum atomic E-state index is -0.0142. The Balaban J connectivity index is 2.59. The Kier molecular flexibility index (Phi) is 4.14. The van der Waals surface area contributed by atoms with Gasteiger partial charge in [-0.15, -0.1) is 0 Å². The Morgan fingerprint density at radius 3 is 2.64 bits per heavy atom. The molecule has 0 amide bonds. The molecule has 0 aliphatic heterocycles. The van der Waals surface area contributed by atoms with Crippen LogP contribution in [0.15, 0.2) is 30.3 Å². The molecule has 56 valence electrons. The van der Waals surface area contributed by atoms with Gasteiger partial charge in [0.1, 0.15) is 0 Å². The van der Waals surface area contributed by atoms with Crippen molar-refractivity contribution in [3.8, 4) is 9.89 Å². The van der Waals surface area contributed by atoms with Crippen molar-refractivity contribution in [3.05, 3.63) is 35.9 Å². The molecule has 0 aliphatic rings. The molecule has 0 aromatic heterocycles. The van der Waals surface area contributed by atoms with E-state index >= 15 is 0 Å². The van der Waals surface area contributed by atoms with Crippen molar-refractivity contribution in [1.29, 1.82) is 0 Å². The summed E-state index contributed by atoms with van der Waals surface area (Å²) in [6.07, 6.45) is 0. The van der Waals surface area contributed by atoms with Crippen LogP contribution in [0.25, 0.3) is 0 Å². The molecule has 0 N–H and O–H groups in total. The van der Waals surface area contributed by atoms with Crippen LogP contribution in [0, 0.1) is 9.89 Å². The third-order valence-corrected chi connectivity index (χ3v) is 2.71. The molecule has 0 radical (unpaired) electrons. The van der Waals surface area contributed by atoms with Gasteiger partial charge in [0, 0.05) is 0 Å². The molecule has 0 fully saturated rings. The van der Waals surface area contributed by atoms with E-state index < -0.39 is 0 Å². The van der Waals surface area contributed by atoms with Crippen LogP contribution in [-0.2, 0) is 0 Å². The van der Waals surface area contributed by atoms with Gasteiger partial charge in [-0.25, -0.2) is 0 Å². The van der Waals surface area contributed by atoms with Crippen LogP contribution >= 0.6 is 0 Å². The van der Waals surface area contributed by atoms with Crippen molar-refractivity contribution in [1.82, 2.24) is 0 Å². The number of benzene rings is 1. The van der Waals surface area contributed by atoms with Gasteiger partial charge in [-0.05, 0) is 0 Å². The first kappa shape index (κ1) is 8.66. The van der Waals surface area contributed by atoms with E-state index in [4.69, 9.17) is 0 Å². The summed E-state index contributed by atoms with van der Waals surface area (Å²) in [5, 5.41) is 0. The fourth-order valence-electron chi connectivity index (χ4n) is 0.689. The Bertz CT molecular complexity index is 253. The second-order valence-corrected chi connectivity index (χ2v) is 5.08. The van der Waals surface area contributed by atoms with E-state index in [1.165, 1.54) is 4.47 Å².